The Kier molecular flexibility index (Phi) is 3.52. The van der Waals surface area contributed by atoms with Crippen LogP contribution < -0.4 is 10.6 Å². The normalized spacial score (nSPS) is 21.6. The molecule has 0 saturated carbocycles. The monoisotopic (exact) mass is 311 g/mol. The van der Waals surface area contributed by atoms with Crippen LogP contribution in [0.2, 0.25) is 0 Å². The zero-order chi connectivity index (χ0) is 15.1. The minimum absolute atomic E-state index is 0.0365. The number of rotatable bonds is 2. The number of hydrogen-bond acceptors (Lipinski definition) is 3. The molecule has 2 saturated heterocycles. The molecule has 2 aliphatic rings. The number of thiocarbonyl (C=S) groups is 1. The molecule has 2 N–H and O–H groups in total. The molecule has 112 valence electrons. The van der Waals surface area contributed by atoms with Crippen molar-refractivity contribution in [1.29, 1.82) is 0 Å². The Labute approximate surface area is 126 Å². The number of hydrogen-bond donors (Lipinski definition) is 1. The fourth-order valence-corrected chi connectivity index (χ4v) is 3.20. The van der Waals surface area contributed by atoms with E-state index in [0.29, 0.717) is 26.1 Å². The van der Waals surface area contributed by atoms with Crippen LogP contribution >= 0.6 is 12.2 Å². The highest BCUT2D eigenvalue weighted by Gasteiger charge is 2.36. The third kappa shape index (κ3) is 2.46. The molecule has 7 heteroatoms. The summed E-state index contributed by atoms with van der Waals surface area (Å²) in [6.07, 6.45) is 1.26. The molecule has 0 spiro atoms. The van der Waals surface area contributed by atoms with Crippen LogP contribution in [0.4, 0.5) is 14.5 Å². The Balaban J connectivity index is 1.88. The standard InChI is InChI=1S/C14H15F2N3OS/c15-10-5-8(14(17)21)6-11(16)13(10)18-3-4-19-9(7-18)1-2-12(19)20/h5-6,9H,1-4,7H2,(H2,17,21). The third-order valence-corrected chi connectivity index (χ3v) is 4.35. The van der Waals surface area contributed by atoms with Crippen LogP contribution in [-0.4, -0.2) is 41.5 Å². The zero-order valence-corrected chi connectivity index (χ0v) is 12.1. The van der Waals surface area contributed by atoms with Crippen LogP contribution in [-0.2, 0) is 4.79 Å². The van der Waals surface area contributed by atoms with E-state index >= 15 is 0 Å². The van der Waals surface area contributed by atoms with Crippen LogP contribution in [0.15, 0.2) is 12.1 Å². The Morgan fingerprint density at radius 3 is 2.57 bits per heavy atom. The number of anilines is 1. The Hall–Kier alpha value is -1.76. The summed E-state index contributed by atoms with van der Waals surface area (Å²) in [5.74, 6) is -1.21. The number of carbonyl (C=O) groups excluding carboxylic acids is 1. The van der Waals surface area contributed by atoms with Crippen molar-refractivity contribution in [3.63, 3.8) is 0 Å². The van der Waals surface area contributed by atoms with Crippen LogP contribution in [0.3, 0.4) is 0 Å². The number of nitrogens with zero attached hydrogens (tertiary/aromatic N) is 2. The smallest absolute Gasteiger partial charge is 0.223 e. The molecule has 0 bridgehead atoms. The van der Waals surface area contributed by atoms with Gasteiger partial charge in [0.15, 0.2) is 0 Å². The first-order valence-corrected chi connectivity index (χ1v) is 7.21. The lowest BCUT2D eigenvalue weighted by Gasteiger charge is -2.39. The molecule has 1 unspecified atom stereocenters. The van der Waals surface area contributed by atoms with E-state index in [1.165, 1.54) is 0 Å². The summed E-state index contributed by atoms with van der Waals surface area (Å²) < 4.78 is 28.4. The van der Waals surface area contributed by atoms with E-state index in [0.717, 1.165) is 18.6 Å². The van der Waals surface area contributed by atoms with E-state index in [1.807, 2.05) is 0 Å². The molecule has 4 nitrogen and oxygen atoms in total. The third-order valence-electron chi connectivity index (χ3n) is 4.11. The van der Waals surface area contributed by atoms with Crippen molar-refractivity contribution in [1.82, 2.24) is 4.90 Å². The van der Waals surface area contributed by atoms with E-state index in [-0.39, 0.29) is 28.2 Å². The first-order valence-electron chi connectivity index (χ1n) is 6.80. The highest BCUT2D eigenvalue weighted by atomic mass is 32.1. The largest absolute Gasteiger partial charge is 0.389 e. The SMILES string of the molecule is NC(=S)c1cc(F)c(N2CCN3C(=O)CCC3C2)c(F)c1. The molecule has 0 radical (unpaired) electrons. The lowest BCUT2D eigenvalue weighted by molar-refractivity contribution is -0.129. The number of amides is 1. The summed E-state index contributed by atoms with van der Waals surface area (Å²) in [5, 5.41) is 0. The Morgan fingerprint density at radius 1 is 1.29 bits per heavy atom. The maximum atomic E-state index is 14.2. The van der Waals surface area contributed by atoms with Crippen molar-refractivity contribution >= 4 is 28.8 Å². The molecule has 1 amide bonds. The molecule has 1 aromatic rings. The molecule has 1 atom stereocenters. The average molecular weight is 311 g/mol. The lowest BCUT2D eigenvalue weighted by atomic mass is 10.1. The average Bonchev–Trinajstić information content (AvgIpc) is 2.79. The van der Waals surface area contributed by atoms with Crippen LogP contribution in [0.25, 0.3) is 0 Å². The van der Waals surface area contributed by atoms with E-state index < -0.39 is 11.6 Å². The second-order valence-corrected chi connectivity index (χ2v) is 5.82. The van der Waals surface area contributed by atoms with Crippen molar-refractivity contribution in [3.05, 3.63) is 29.3 Å². The minimum atomic E-state index is -0.671. The van der Waals surface area contributed by atoms with E-state index in [9.17, 15) is 13.6 Å². The number of carbonyl (C=O) groups is 1. The number of fused-ring (bicyclic) bond motifs is 1. The van der Waals surface area contributed by atoms with Gasteiger partial charge in [0.2, 0.25) is 5.91 Å². The predicted molar refractivity (Wildman–Crippen MR) is 79.2 cm³/mol. The van der Waals surface area contributed by atoms with E-state index in [1.54, 1.807) is 9.80 Å². The van der Waals surface area contributed by atoms with Gasteiger partial charge in [0.1, 0.15) is 22.3 Å². The molecule has 21 heavy (non-hydrogen) atoms. The van der Waals surface area contributed by atoms with Gasteiger partial charge in [-0.15, -0.1) is 0 Å². The summed E-state index contributed by atoms with van der Waals surface area (Å²) in [6, 6.07) is 2.36. The highest BCUT2D eigenvalue weighted by molar-refractivity contribution is 7.80. The van der Waals surface area contributed by atoms with Crippen molar-refractivity contribution in [2.75, 3.05) is 24.5 Å². The molecular formula is C14H15F2N3OS. The predicted octanol–water partition coefficient (Wildman–Crippen LogP) is 1.41. The minimum Gasteiger partial charge on any atom is -0.389 e. The molecule has 0 aliphatic carbocycles. The van der Waals surface area contributed by atoms with Gasteiger partial charge in [-0.05, 0) is 18.6 Å². The van der Waals surface area contributed by atoms with Crippen molar-refractivity contribution in [3.8, 4) is 0 Å². The Morgan fingerprint density at radius 2 is 1.95 bits per heavy atom. The Bertz CT molecular complexity index is 599. The molecular weight excluding hydrogens is 296 g/mol. The molecule has 0 aromatic heterocycles. The van der Waals surface area contributed by atoms with E-state index in [2.05, 4.69) is 0 Å². The molecule has 1 aromatic carbocycles. The van der Waals surface area contributed by atoms with Gasteiger partial charge in [-0.2, -0.15) is 0 Å². The summed E-state index contributed by atoms with van der Waals surface area (Å²) in [4.78, 5) is 15.1. The number of nitrogens with two attached hydrogens (primary N) is 1. The summed E-state index contributed by atoms with van der Waals surface area (Å²) in [6.45, 7) is 1.37. The lowest BCUT2D eigenvalue weighted by Crippen LogP contribution is -2.52. The summed E-state index contributed by atoms with van der Waals surface area (Å²) in [5.41, 5.74) is 5.52. The van der Waals surface area contributed by atoms with Gasteiger partial charge in [0, 0.05) is 37.7 Å². The van der Waals surface area contributed by atoms with Crippen molar-refractivity contribution in [2.24, 2.45) is 5.73 Å². The maximum Gasteiger partial charge on any atom is 0.223 e. The second-order valence-electron chi connectivity index (χ2n) is 5.38. The summed E-state index contributed by atoms with van der Waals surface area (Å²) in [7, 11) is 0. The fraction of sp³-hybridized carbons (Fsp3) is 0.429. The van der Waals surface area contributed by atoms with Gasteiger partial charge < -0.3 is 15.5 Å². The topological polar surface area (TPSA) is 49.6 Å². The van der Waals surface area contributed by atoms with Gasteiger partial charge in [-0.1, -0.05) is 12.2 Å². The molecule has 2 heterocycles. The quantitative estimate of drug-likeness (QED) is 0.839. The van der Waals surface area contributed by atoms with Crippen LogP contribution in [0, 0.1) is 11.6 Å². The number of piperazine rings is 1. The van der Waals surface area contributed by atoms with Crippen molar-refractivity contribution < 1.29 is 13.6 Å². The fourth-order valence-electron chi connectivity index (χ4n) is 3.08. The van der Waals surface area contributed by atoms with Crippen LogP contribution in [0.1, 0.15) is 18.4 Å². The van der Waals surface area contributed by atoms with Gasteiger partial charge in [-0.3, -0.25) is 4.79 Å². The van der Waals surface area contributed by atoms with Gasteiger partial charge in [-0.25, -0.2) is 8.78 Å². The van der Waals surface area contributed by atoms with Crippen molar-refractivity contribution in [2.45, 2.75) is 18.9 Å². The maximum absolute atomic E-state index is 14.2. The first-order chi connectivity index (χ1) is 9.97. The highest BCUT2D eigenvalue weighted by Crippen LogP contribution is 2.30. The first kappa shape index (κ1) is 14.2. The molecule has 2 aliphatic heterocycles. The summed E-state index contributed by atoms with van der Waals surface area (Å²) >= 11 is 4.74. The second kappa shape index (κ2) is 5.22. The van der Waals surface area contributed by atoms with E-state index in [4.69, 9.17) is 18.0 Å². The zero-order valence-electron chi connectivity index (χ0n) is 11.3. The number of benzene rings is 1. The van der Waals surface area contributed by atoms with Crippen LogP contribution in [0.5, 0.6) is 0 Å². The molecule has 3 rings (SSSR count). The van der Waals surface area contributed by atoms with Gasteiger partial charge in [0.25, 0.3) is 0 Å². The van der Waals surface area contributed by atoms with Gasteiger partial charge in [0.05, 0.1) is 0 Å². The van der Waals surface area contributed by atoms with Gasteiger partial charge >= 0.3 is 0 Å². The number of halogens is 2. The molecule has 2 fully saturated rings.